The Hall–Kier alpha value is -1.14. The van der Waals surface area contributed by atoms with Gasteiger partial charge in [0.2, 0.25) is 5.91 Å². The zero-order valence-electron chi connectivity index (χ0n) is 12.3. The number of thiazole rings is 1. The molecule has 1 saturated carbocycles. The average molecular weight is 309 g/mol. The first-order chi connectivity index (χ1) is 10.2. The van der Waals surface area contributed by atoms with Crippen molar-refractivity contribution in [1.82, 2.24) is 9.88 Å². The predicted molar refractivity (Wildman–Crippen MR) is 83.6 cm³/mol. The van der Waals surface area contributed by atoms with Gasteiger partial charge in [-0.2, -0.15) is 0 Å². The Kier molecular flexibility index (Phi) is 4.45. The second-order valence-corrected chi connectivity index (χ2v) is 7.02. The lowest BCUT2D eigenvalue weighted by atomic mass is 9.82. The largest absolute Gasteiger partial charge is 0.389 e. The molecule has 0 aromatic carbocycles. The van der Waals surface area contributed by atoms with E-state index in [9.17, 15) is 9.90 Å². The van der Waals surface area contributed by atoms with E-state index in [1.165, 1.54) is 6.42 Å². The average Bonchev–Trinajstić information content (AvgIpc) is 3.02. The minimum absolute atomic E-state index is 0.109. The zero-order chi connectivity index (χ0) is 14.7. The maximum atomic E-state index is 12.4. The van der Waals surface area contributed by atoms with E-state index < -0.39 is 5.60 Å². The highest BCUT2D eigenvalue weighted by atomic mass is 32.1. The number of aliphatic hydroxyl groups is 1. The van der Waals surface area contributed by atoms with Crippen molar-refractivity contribution in [2.24, 2.45) is 0 Å². The van der Waals surface area contributed by atoms with Crippen LogP contribution in [0.15, 0.2) is 11.6 Å². The van der Waals surface area contributed by atoms with Gasteiger partial charge in [0.1, 0.15) is 0 Å². The summed E-state index contributed by atoms with van der Waals surface area (Å²) in [6.45, 7) is 3.12. The van der Waals surface area contributed by atoms with Crippen LogP contribution in [0.2, 0.25) is 0 Å². The van der Waals surface area contributed by atoms with Crippen LogP contribution in [-0.4, -0.2) is 52.7 Å². The lowest BCUT2D eigenvalue weighted by molar-refractivity contribution is -0.138. The molecule has 1 aliphatic heterocycles. The molecule has 3 rings (SSSR count). The monoisotopic (exact) mass is 309 g/mol. The van der Waals surface area contributed by atoms with E-state index in [1.54, 1.807) is 11.3 Å². The Balaban J connectivity index is 1.50. The second-order valence-electron chi connectivity index (χ2n) is 6.14. The van der Waals surface area contributed by atoms with Gasteiger partial charge in [0.25, 0.3) is 0 Å². The third-order valence-electron chi connectivity index (χ3n) is 4.59. The number of hydrogen-bond acceptors (Lipinski definition) is 5. The number of amides is 1. The molecule has 2 fully saturated rings. The van der Waals surface area contributed by atoms with Crippen molar-refractivity contribution in [3.8, 4) is 0 Å². The molecular formula is C15H23N3O2S. The van der Waals surface area contributed by atoms with Crippen LogP contribution in [0.5, 0.6) is 0 Å². The Morgan fingerprint density at radius 2 is 1.95 bits per heavy atom. The van der Waals surface area contributed by atoms with Crippen LogP contribution < -0.4 is 4.90 Å². The van der Waals surface area contributed by atoms with Crippen molar-refractivity contribution < 1.29 is 9.90 Å². The predicted octanol–water partition coefficient (Wildman–Crippen LogP) is 1.88. The Morgan fingerprint density at radius 3 is 2.57 bits per heavy atom. The summed E-state index contributed by atoms with van der Waals surface area (Å²) < 4.78 is 0. The summed E-state index contributed by atoms with van der Waals surface area (Å²) in [7, 11) is 0. The van der Waals surface area contributed by atoms with Crippen LogP contribution in [0, 0.1) is 0 Å². The van der Waals surface area contributed by atoms with E-state index >= 15 is 0 Å². The van der Waals surface area contributed by atoms with Crippen LogP contribution >= 0.6 is 11.3 Å². The summed E-state index contributed by atoms with van der Waals surface area (Å²) in [4.78, 5) is 20.8. The smallest absolute Gasteiger partial charge is 0.225 e. The first-order valence-electron chi connectivity index (χ1n) is 7.81. The van der Waals surface area contributed by atoms with Gasteiger partial charge in [-0.3, -0.25) is 4.79 Å². The number of rotatable bonds is 3. The quantitative estimate of drug-likeness (QED) is 0.926. The minimum Gasteiger partial charge on any atom is -0.389 e. The van der Waals surface area contributed by atoms with Crippen LogP contribution in [-0.2, 0) is 4.79 Å². The van der Waals surface area contributed by atoms with Crippen LogP contribution in [0.25, 0.3) is 0 Å². The molecule has 0 unspecified atom stereocenters. The van der Waals surface area contributed by atoms with Gasteiger partial charge in [0.15, 0.2) is 5.13 Å². The Morgan fingerprint density at radius 1 is 1.24 bits per heavy atom. The molecule has 5 nitrogen and oxygen atoms in total. The fourth-order valence-electron chi connectivity index (χ4n) is 3.30. The molecule has 2 heterocycles. The molecule has 1 amide bonds. The highest BCUT2D eigenvalue weighted by Crippen LogP contribution is 2.31. The third kappa shape index (κ3) is 3.55. The summed E-state index contributed by atoms with van der Waals surface area (Å²) in [5.41, 5.74) is -0.748. The number of aromatic nitrogens is 1. The second kappa shape index (κ2) is 6.32. The molecule has 116 valence electrons. The number of carbonyl (C=O) groups excluding carboxylic acids is 1. The van der Waals surface area contributed by atoms with Gasteiger partial charge in [0.05, 0.1) is 12.0 Å². The number of hydrogen-bond donors (Lipinski definition) is 1. The summed E-state index contributed by atoms with van der Waals surface area (Å²) in [5.74, 6) is 0.109. The maximum absolute atomic E-state index is 12.4. The van der Waals surface area contributed by atoms with Crippen molar-refractivity contribution in [1.29, 1.82) is 0 Å². The van der Waals surface area contributed by atoms with Crippen molar-refractivity contribution in [2.45, 2.75) is 44.1 Å². The molecule has 0 atom stereocenters. The molecule has 6 heteroatoms. The van der Waals surface area contributed by atoms with Gasteiger partial charge < -0.3 is 14.9 Å². The molecule has 2 aliphatic rings. The highest BCUT2D eigenvalue weighted by Gasteiger charge is 2.34. The maximum Gasteiger partial charge on any atom is 0.225 e. The van der Waals surface area contributed by atoms with Crippen molar-refractivity contribution >= 4 is 22.4 Å². The normalized spacial score (nSPS) is 22.3. The lowest BCUT2D eigenvalue weighted by Crippen LogP contribution is -2.50. The van der Waals surface area contributed by atoms with E-state index in [4.69, 9.17) is 0 Å². The van der Waals surface area contributed by atoms with Crippen molar-refractivity contribution in [3.63, 3.8) is 0 Å². The first kappa shape index (κ1) is 14.8. The van der Waals surface area contributed by atoms with Crippen LogP contribution in [0.3, 0.4) is 0 Å². The first-order valence-corrected chi connectivity index (χ1v) is 8.69. The van der Waals surface area contributed by atoms with Crippen molar-refractivity contribution in [2.75, 3.05) is 31.1 Å². The molecule has 1 aliphatic carbocycles. The third-order valence-corrected chi connectivity index (χ3v) is 5.42. The molecule has 0 bridgehead atoms. The molecule has 0 radical (unpaired) electrons. The molecule has 1 aromatic rings. The molecule has 1 N–H and O–H groups in total. The van der Waals surface area contributed by atoms with Gasteiger partial charge in [-0.15, -0.1) is 11.3 Å². The summed E-state index contributed by atoms with van der Waals surface area (Å²) in [6, 6.07) is 0. The fourth-order valence-corrected chi connectivity index (χ4v) is 4.00. The summed E-state index contributed by atoms with van der Waals surface area (Å²) >= 11 is 1.64. The van der Waals surface area contributed by atoms with E-state index in [0.717, 1.165) is 57.0 Å². The zero-order valence-corrected chi connectivity index (χ0v) is 13.1. The topological polar surface area (TPSA) is 56.7 Å². The highest BCUT2D eigenvalue weighted by molar-refractivity contribution is 7.13. The van der Waals surface area contributed by atoms with E-state index in [1.807, 2.05) is 16.5 Å². The van der Waals surface area contributed by atoms with Gasteiger partial charge >= 0.3 is 0 Å². The molecule has 1 saturated heterocycles. The van der Waals surface area contributed by atoms with E-state index in [2.05, 4.69) is 9.88 Å². The van der Waals surface area contributed by atoms with Crippen LogP contribution in [0.4, 0.5) is 5.13 Å². The molecule has 1 aromatic heterocycles. The molecular weight excluding hydrogens is 286 g/mol. The van der Waals surface area contributed by atoms with Gasteiger partial charge in [0, 0.05) is 37.8 Å². The number of piperazine rings is 1. The number of anilines is 1. The standard InChI is InChI=1S/C15H23N3O2S/c19-13(12-15(20)4-2-1-3-5-15)17-7-9-18(10-8-17)14-16-6-11-21-14/h6,11,20H,1-5,7-10,12H2. The molecule has 21 heavy (non-hydrogen) atoms. The Bertz CT molecular complexity index is 463. The van der Waals surface area contributed by atoms with Gasteiger partial charge in [-0.05, 0) is 12.8 Å². The minimum atomic E-state index is -0.748. The molecule has 0 spiro atoms. The SMILES string of the molecule is O=C(CC1(O)CCCCC1)N1CCN(c2nccs2)CC1. The fraction of sp³-hybridized carbons (Fsp3) is 0.733. The Labute approximate surface area is 129 Å². The van der Waals surface area contributed by atoms with Gasteiger partial charge in [-0.1, -0.05) is 19.3 Å². The summed E-state index contributed by atoms with van der Waals surface area (Å²) in [6.07, 6.45) is 6.93. The number of nitrogens with zero attached hydrogens (tertiary/aromatic N) is 3. The van der Waals surface area contributed by atoms with E-state index in [-0.39, 0.29) is 5.91 Å². The van der Waals surface area contributed by atoms with E-state index in [0.29, 0.717) is 6.42 Å². The summed E-state index contributed by atoms with van der Waals surface area (Å²) in [5, 5.41) is 13.5. The number of carbonyl (C=O) groups is 1. The van der Waals surface area contributed by atoms with Gasteiger partial charge in [-0.25, -0.2) is 4.98 Å². The lowest BCUT2D eigenvalue weighted by Gasteiger charge is -2.37. The van der Waals surface area contributed by atoms with Crippen molar-refractivity contribution in [3.05, 3.63) is 11.6 Å². The van der Waals surface area contributed by atoms with Crippen LogP contribution in [0.1, 0.15) is 38.5 Å².